The molecule has 0 bridgehead atoms. The second kappa shape index (κ2) is 5.50. The van der Waals surface area contributed by atoms with Gasteiger partial charge in [-0.25, -0.2) is 0 Å². The number of rotatable bonds is 6. The van der Waals surface area contributed by atoms with Crippen LogP contribution in [0.2, 0.25) is 0 Å². The largest absolute Gasteiger partial charge is 0.481 e. The Balaban J connectivity index is 1.89. The fraction of sp³-hybridized carbons (Fsp3) is 0.500. The third kappa shape index (κ3) is 3.31. The SMILES string of the molecule is CC1(CNCc2ccccc2CC(=O)O)COC1. The van der Waals surface area contributed by atoms with Crippen LogP contribution in [0.4, 0.5) is 0 Å². The zero-order valence-electron chi connectivity index (χ0n) is 10.6. The van der Waals surface area contributed by atoms with E-state index in [-0.39, 0.29) is 11.8 Å². The van der Waals surface area contributed by atoms with Crippen LogP contribution in [-0.2, 0) is 22.5 Å². The molecule has 2 rings (SSSR count). The summed E-state index contributed by atoms with van der Waals surface area (Å²) in [4.78, 5) is 10.8. The molecule has 0 unspecified atom stereocenters. The normalized spacial score (nSPS) is 17.2. The van der Waals surface area contributed by atoms with Crippen molar-refractivity contribution in [3.8, 4) is 0 Å². The molecule has 1 aliphatic heterocycles. The van der Waals surface area contributed by atoms with Crippen LogP contribution in [0.15, 0.2) is 24.3 Å². The topological polar surface area (TPSA) is 58.6 Å². The predicted molar refractivity (Wildman–Crippen MR) is 68.4 cm³/mol. The fourth-order valence-electron chi connectivity index (χ4n) is 2.12. The molecule has 0 aliphatic carbocycles. The van der Waals surface area contributed by atoms with E-state index in [0.29, 0.717) is 6.54 Å². The number of carboxylic acid groups (broad SMARTS) is 1. The van der Waals surface area contributed by atoms with Crippen molar-refractivity contribution in [2.24, 2.45) is 5.41 Å². The molecule has 2 N–H and O–H groups in total. The monoisotopic (exact) mass is 249 g/mol. The van der Waals surface area contributed by atoms with Crippen molar-refractivity contribution < 1.29 is 14.6 Å². The van der Waals surface area contributed by atoms with Crippen LogP contribution in [0.25, 0.3) is 0 Å². The summed E-state index contributed by atoms with van der Waals surface area (Å²) >= 11 is 0. The predicted octanol–water partition coefficient (Wildman–Crippen LogP) is 1.44. The summed E-state index contributed by atoms with van der Waals surface area (Å²) in [7, 11) is 0. The quantitative estimate of drug-likeness (QED) is 0.801. The van der Waals surface area contributed by atoms with Crippen LogP contribution >= 0.6 is 0 Å². The van der Waals surface area contributed by atoms with Gasteiger partial charge in [0.05, 0.1) is 19.6 Å². The van der Waals surface area contributed by atoms with Crippen LogP contribution in [0, 0.1) is 5.41 Å². The van der Waals surface area contributed by atoms with Crippen LogP contribution in [-0.4, -0.2) is 30.8 Å². The number of benzene rings is 1. The van der Waals surface area contributed by atoms with Crippen molar-refractivity contribution in [1.82, 2.24) is 5.32 Å². The third-order valence-electron chi connectivity index (χ3n) is 3.23. The minimum Gasteiger partial charge on any atom is -0.481 e. The van der Waals surface area contributed by atoms with Gasteiger partial charge in [0.2, 0.25) is 0 Å². The zero-order valence-corrected chi connectivity index (χ0v) is 10.6. The maximum atomic E-state index is 10.8. The molecule has 0 aromatic heterocycles. The second-order valence-electron chi connectivity index (χ2n) is 5.25. The van der Waals surface area contributed by atoms with Gasteiger partial charge < -0.3 is 15.2 Å². The summed E-state index contributed by atoms with van der Waals surface area (Å²) < 4.78 is 5.20. The Morgan fingerprint density at radius 2 is 2.06 bits per heavy atom. The van der Waals surface area contributed by atoms with Gasteiger partial charge in [-0.05, 0) is 11.1 Å². The molecule has 1 saturated heterocycles. The first-order valence-corrected chi connectivity index (χ1v) is 6.16. The van der Waals surface area contributed by atoms with Crippen molar-refractivity contribution in [1.29, 1.82) is 0 Å². The van der Waals surface area contributed by atoms with Gasteiger partial charge >= 0.3 is 5.97 Å². The van der Waals surface area contributed by atoms with Gasteiger partial charge in [-0.3, -0.25) is 4.79 Å². The molecule has 1 aliphatic rings. The van der Waals surface area contributed by atoms with Crippen LogP contribution in [0.3, 0.4) is 0 Å². The van der Waals surface area contributed by atoms with E-state index >= 15 is 0 Å². The Morgan fingerprint density at radius 3 is 2.61 bits per heavy atom. The Bertz CT molecular complexity index is 427. The Kier molecular flexibility index (Phi) is 3.99. The lowest BCUT2D eigenvalue weighted by molar-refractivity contribution is -0.136. The van der Waals surface area contributed by atoms with E-state index in [4.69, 9.17) is 9.84 Å². The van der Waals surface area contributed by atoms with E-state index < -0.39 is 5.97 Å². The highest BCUT2D eigenvalue weighted by Gasteiger charge is 2.32. The van der Waals surface area contributed by atoms with E-state index in [9.17, 15) is 4.79 Å². The number of carbonyl (C=O) groups is 1. The number of hydrogen-bond donors (Lipinski definition) is 2. The highest BCUT2D eigenvalue weighted by atomic mass is 16.5. The van der Waals surface area contributed by atoms with Gasteiger partial charge in [-0.1, -0.05) is 31.2 Å². The third-order valence-corrected chi connectivity index (χ3v) is 3.23. The summed E-state index contributed by atoms with van der Waals surface area (Å²) in [6.07, 6.45) is 0.0816. The maximum Gasteiger partial charge on any atom is 0.307 e. The standard InChI is InChI=1S/C14H19NO3/c1-14(9-18-10-14)8-15-7-12-5-3-2-4-11(12)6-13(16)17/h2-5,15H,6-10H2,1H3,(H,16,17). The number of nitrogens with one attached hydrogen (secondary N) is 1. The van der Waals surface area contributed by atoms with Gasteiger partial charge in [-0.15, -0.1) is 0 Å². The van der Waals surface area contributed by atoms with E-state index in [0.717, 1.165) is 30.9 Å². The molecule has 4 heteroatoms. The van der Waals surface area contributed by atoms with Gasteiger partial charge in [0, 0.05) is 18.5 Å². The minimum absolute atomic E-state index is 0.0816. The Morgan fingerprint density at radius 1 is 1.39 bits per heavy atom. The number of ether oxygens (including phenoxy) is 1. The maximum absolute atomic E-state index is 10.8. The second-order valence-corrected chi connectivity index (χ2v) is 5.25. The number of hydrogen-bond acceptors (Lipinski definition) is 3. The smallest absolute Gasteiger partial charge is 0.307 e. The summed E-state index contributed by atoms with van der Waals surface area (Å²) in [5, 5.41) is 12.2. The highest BCUT2D eigenvalue weighted by molar-refractivity contribution is 5.70. The van der Waals surface area contributed by atoms with Crippen molar-refractivity contribution >= 4 is 5.97 Å². The molecule has 0 radical (unpaired) electrons. The molecule has 0 saturated carbocycles. The molecular formula is C14H19NO3. The molecule has 1 aromatic rings. The molecule has 0 atom stereocenters. The molecule has 0 spiro atoms. The van der Waals surface area contributed by atoms with Crippen molar-refractivity contribution in [3.63, 3.8) is 0 Å². The first-order chi connectivity index (χ1) is 8.59. The van der Waals surface area contributed by atoms with Crippen LogP contribution < -0.4 is 5.32 Å². The molecule has 1 aromatic carbocycles. The molecule has 98 valence electrons. The van der Waals surface area contributed by atoms with Crippen LogP contribution in [0.1, 0.15) is 18.1 Å². The number of carboxylic acids is 1. The van der Waals surface area contributed by atoms with E-state index in [1.54, 1.807) is 0 Å². The summed E-state index contributed by atoms with van der Waals surface area (Å²) in [5.74, 6) is -0.790. The first kappa shape index (κ1) is 13.1. The lowest BCUT2D eigenvalue weighted by atomic mass is 9.88. The molecule has 18 heavy (non-hydrogen) atoms. The average Bonchev–Trinajstić information content (AvgIpc) is 2.28. The van der Waals surface area contributed by atoms with Gasteiger partial charge in [-0.2, -0.15) is 0 Å². The summed E-state index contributed by atoms with van der Waals surface area (Å²) in [6.45, 7) is 5.40. The molecule has 4 nitrogen and oxygen atoms in total. The lowest BCUT2D eigenvalue weighted by Crippen LogP contribution is -2.47. The molecular weight excluding hydrogens is 230 g/mol. The van der Waals surface area contributed by atoms with Crippen LogP contribution in [0.5, 0.6) is 0 Å². The van der Waals surface area contributed by atoms with Crippen molar-refractivity contribution in [2.75, 3.05) is 19.8 Å². The fourth-order valence-corrected chi connectivity index (χ4v) is 2.12. The van der Waals surface area contributed by atoms with E-state index in [1.165, 1.54) is 0 Å². The average molecular weight is 249 g/mol. The lowest BCUT2D eigenvalue weighted by Gasteiger charge is -2.38. The first-order valence-electron chi connectivity index (χ1n) is 6.16. The molecule has 0 amide bonds. The Hall–Kier alpha value is -1.39. The Labute approximate surface area is 107 Å². The molecule has 1 heterocycles. The van der Waals surface area contributed by atoms with E-state index in [2.05, 4.69) is 12.2 Å². The van der Waals surface area contributed by atoms with Crippen molar-refractivity contribution in [2.45, 2.75) is 19.9 Å². The summed E-state index contributed by atoms with van der Waals surface area (Å²) in [5.41, 5.74) is 2.18. The van der Waals surface area contributed by atoms with Crippen molar-refractivity contribution in [3.05, 3.63) is 35.4 Å². The summed E-state index contributed by atoms with van der Waals surface area (Å²) in [6, 6.07) is 7.67. The van der Waals surface area contributed by atoms with Gasteiger partial charge in [0.25, 0.3) is 0 Å². The zero-order chi connectivity index (χ0) is 13.0. The van der Waals surface area contributed by atoms with E-state index in [1.807, 2.05) is 24.3 Å². The molecule has 1 fully saturated rings. The highest BCUT2D eigenvalue weighted by Crippen LogP contribution is 2.25. The van der Waals surface area contributed by atoms with Gasteiger partial charge in [0.1, 0.15) is 0 Å². The number of aliphatic carboxylic acids is 1. The van der Waals surface area contributed by atoms with Gasteiger partial charge in [0.15, 0.2) is 0 Å². The minimum atomic E-state index is -0.790.